The number of benzene rings is 2. The molecule has 0 saturated heterocycles. The summed E-state index contributed by atoms with van der Waals surface area (Å²) in [6.45, 7) is 2.38. The highest BCUT2D eigenvalue weighted by molar-refractivity contribution is 6.09. The Hall–Kier alpha value is -3.61. The number of methoxy groups -OCH3 is 1. The van der Waals surface area contributed by atoms with Gasteiger partial charge < -0.3 is 15.2 Å². The number of carbonyl (C=O) groups is 1. The molecule has 0 fully saturated rings. The number of aromatic nitrogens is 3. The second-order valence-corrected chi connectivity index (χ2v) is 6.67. The van der Waals surface area contributed by atoms with E-state index in [1.54, 1.807) is 11.7 Å². The Morgan fingerprint density at radius 1 is 1.07 bits per heavy atom. The maximum Gasteiger partial charge on any atom is 0.344 e. The lowest BCUT2D eigenvalue weighted by molar-refractivity contribution is 0.0503. The third kappa shape index (κ3) is 3.35. The molecule has 0 radical (unpaired) electrons. The van der Waals surface area contributed by atoms with Gasteiger partial charge in [0.15, 0.2) is 5.65 Å². The molecule has 2 aromatic heterocycles. The van der Waals surface area contributed by atoms with Crippen LogP contribution >= 0.6 is 0 Å². The average Bonchev–Trinajstić information content (AvgIpc) is 3.03. The minimum absolute atomic E-state index is 0.241. The quantitative estimate of drug-likeness (QED) is 0.393. The SMILES string of the molecule is CCCCOC(=O)c1c(N)n(-c2ccc(OC)cc2)c2nc3ccccc3nc12. The van der Waals surface area contributed by atoms with Gasteiger partial charge in [0, 0.05) is 5.69 Å². The summed E-state index contributed by atoms with van der Waals surface area (Å²) < 4.78 is 12.4. The molecule has 0 saturated carbocycles. The molecule has 7 nitrogen and oxygen atoms in total. The molecular weight excluding hydrogens is 368 g/mol. The number of para-hydroxylation sites is 2. The zero-order chi connectivity index (χ0) is 20.4. The van der Waals surface area contributed by atoms with E-state index in [0.717, 1.165) is 29.8 Å². The Morgan fingerprint density at radius 3 is 2.41 bits per heavy atom. The number of hydrogen-bond acceptors (Lipinski definition) is 6. The van der Waals surface area contributed by atoms with Crippen LogP contribution in [0.1, 0.15) is 30.1 Å². The zero-order valence-electron chi connectivity index (χ0n) is 16.4. The van der Waals surface area contributed by atoms with Gasteiger partial charge in [0.25, 0.3) is 0 Å². The van der Waals surface area contributed by atoms with Gasteiger partial charge in [0.1, 0.15) is 22.6 Å². The van der Waals surface area contributed by atoms with E-state index < -0.39 is 5.97 Å². The predicted octanol–water partition coefficient (Wildman–Crippen LogP) is 4.12. The number of carbonyl (C=O) groups excluding carboxylic acids is 1. The lowest BCUT2D eigenvalue weighted by atomic mass is 10.2. The average molecular weight is 390 g/mol. The van der Waals surface area contributed by atoms with Crippen molar-refractivity contribution in [2.75, 3.05) is 19.5 Å². The van der Waals surface area contributed by atoms with Crippen LogP contribution in [0.2, 0.25) is 0 Å². The summed E-state index contributed by atoms with van der Waals surface area (Å²) >= 11 is 0. The van der Waals surface area contributed by atoms with Gasteiger partial charge in [0.05, 0.1) is 24.8 Å². The van der Waals surface area contributed by atoms with Gasteiger partial charge in [-0.15, -0.1) is 0 Å². The standard InChI is InChI=1S/C22H22N4O3/c1-3-4-13-29-22(27)18-19-21(25-17-8-6-5-7-16(17)24-19)26(20(18)23)14-9-11-15(28-2)12-10-14/h5-12H,3-4,13,23H2,1-2H3. The number of fused-ring (bicyclic) bond motifs is 2. The van der Waals surface area contributed by atoms with E-state index in [1.807, 2.05) is 55.5 Å². The van der Waals surface area contributed by atoms with E-state index in [0.29, 0.717) is 23.3 Å². The van der Waals surface area contributed by atoms with Crippen LogP contribution in [0.5, 0.6) is 5.75 Å². The minimum Gasteiger partial charge on any atom is -0.497 e. The van der Waals surface area contributed by atoms with Crippen molar-refractivity contribution in [3.8, 4) is 11.4 Å². The van der Waals surface area contributed by atoms with Gasteiger partial charge in [-0.25, -0.2) is 14.8 Å². The van der Waals surface area contributed by atoms with E-state index in [1.165, 1.54) is 0 Å². The predicted molar refractivity (Wildman–Crippen MR) is 113 cm³/mol. The monoisotopic (exact) mass is 390 g/mol. The minimum atomic E-state index is -0.488. The van der Waals surface area contributed by atoms with E-state index in [-0.39, 0.29) is 11.4 Å². The molecule has 0 aliphatic heterocycles. The Kier molecular flexibility index (Phi) is 5.03. The maximum atomic E-state index is 12.8. The summed E-state index contributed by atoms with van der Waals surface area (Å²) in [6, 6.07) is 14.9. The van der Waals surface area contributed by atoms with E-state index in [4.69, 9.17) is 20.2 Å². The number of rotatable bonds is 6. The molecule has 2 aromatic carbocycles. The Labute approximate surface area is 168 Å². The normalized spacial score (nSPS) is 11.1. The molecule has 4 rings (SSSR count). The lowest BCUT2D eigenvalue weighted by Gasteiger charge is -2.09. The van der Waals surface area contributed by atoms with Gasteiger partial charge in [-0.05, 0) is 42.8 Å². The van der Waals surface area contributed by atoms with Crippen LogP contribution in [-0.4, -0.2) is 34.2 Å². The van der Waals surface area contributed by atoms with Crippen LogP contribution in [0.3, 0.4) is 0 Å². The molecule has 0 aliphatic rings. The zero-order valence-corrected chi connectivity index (χ0v) is 16.4. The van der Waals surface area contributed by atoms with Crippen molar-refractivity contribution in [1.29, 1.82) is 0 Å². The number of nitrogens with two attached hydrogens (primary N) is 1. The van der Waals surface area contributed by atoms with Crippen molar-refractivity contribution >= 4 is 34.0 Å². The van der Waals surface area contributed by atoms with Crippen molar-refractivity contribution in [3.63, 3.8) is 0 Å². The molecule has 0 spiro atoms. The molecule has 2 heterocycles. The first-order valence-corrected chi connectivity index (χ1v) is 9.52. The van der Waals surface area contributed by atoms with E-state index in [2.05, 4.69) is 4.98 Å². The van der Waals surface area contributed by atoms with E-state index in [9.17, 15) is 4.79 Å². The number of anilines is 1. The van der Waals surface area contributed by atoms with Crippen LogP contribution in [0.15, 0.2) is 48.5 Å². The number of nitrogen functional groups attached to an aromatic ring is 1. The topological polar surface area (TPSA) is 92.3 Å². The number of hydrogen-bond donors (Lipinski definition) is 1. The number of unbranched alkanes of at least 4 members (excludes halogenated alkanes) is 1. The van der Waals surface area contributed by atoms with Crippen LogP contribution in [-0.2, 0) is 4.74 Å². The molecule has 7 heteroatoms. The molecule has 0 aliphatic carbocycles. The first-order valence-electron chi connectivity index (χ1n) is 9.52. The third-order valence-corrected chi connectivity index (χ3v) is 4.76. The largest absolute Gasteiger partial charge is 0.497 e. The highest BCUT2D eigenvalue weighted by atomic mass is 16.5. The fourth-order valence-corrected chi connectivity index (χ4v) is 3.24. The van der Waals surface area contributed by atoms with Crippen LogP contribution < -0.4 is 10.5 Å². The molecular formula is C22H22N4O3. The molecule has 0 bridgehead atoms. The van der Waals surface area contributed by atoms with Crippen molar-refractivity contribution in [2.24, 2.45) is 0 Å². The summed E-state index contributed by atoms with van der Waals surface area (Å²) in [5.41, 5.74) is 9.78. The first kappa shape index (κ1) is 18.7. The molecule has 29 heavy (non-hydrogen) atoms. The first-order chi connectivity index (χ1) is 14.1. The molecule has 2 N–H and O–H groups in total. The van der Waals surface area contributed by atoms with Gasteiger partial charge >= 0.3 is 5.97 Å². The number of ether oxygens (including phenoxy) is 2. The maximum absolute atomic E-state index is 12.8. The number of nitrogens with zero attached hydrogens (tertiary/aromatic N) is 3. The van der Waals surface area contributed by atoms with Crippen LogP contribution in [0.4, 0.5) is 5.82 Å². The lowest BCUT2D eigenvalue weighted by Crippen LogP contribution is -2.10. The summed E-state index contributed by atoms with van der Waals surface area (Å²) in [7, 11) is 1.61. The smallest absolute Gasteiger partial charge is 0.344 e. The third-order valence-electron chi connectivity index (χ3n) is 4.76. The van der Waals surface area contributed by atoms with Crippen molar-refractivity contribution < 1.29 is 14.3 Å². The second-order valence-electron chi connectivity index (χ2n) is 6.67. The highest BCUT2D eigenvalue weighted by Crippen LogP contribution is 2.32. The fourth-order valence-electron chi connectivity index (χ4n) is 3.24. The summed E-state index contributed by atoms with van der Waals surface area (Å²) in [5.74, 6) is 0.485. The molecule has 4 aromatic rings. The van der Waals surface area contributed by atoms with Gasteiger partial charge in [0.2, 0.25) is 0 Å². The molecule has 148 valence electrons. The van der Waals surface area contributed by atoms with E-state index >= 15 is 0 Å². The second kappa shape index (κ2) is 7.79. The fraction of sp³-hybridized carbons (Fsp3) is 0.227. The Morgan fingerprint density at radius 2 is 1.76 bits per heavy atom. The van der Waals surface area contributed by atoms with Crippen LogP contribution in [0, 0.1) is 0 Å². The Balaban J connectivity index is 1.94. The summed E-state index contributed by atoms with van der Waals surface area (Å²) in [4.78, 5) is 22.2. The Bertz CT molecular complexity index is 1180. The van der Waals surface area contributed by atoms with Gasteiger partial charge in [-0.1, -0.05) is 25.5 Å². The van der Waals surface area contributed by atoms with Crippen molar-refractivity contribution in [3.05, 3.63) is 54.1 Å². The van der Waals surface area contributed by atoms with Crippen molar-refractivity contribution in [2.45, 2.75) is 19.8 Å². The molecule has 0 amide bonds. The highest BCUT2D eigenvalue weighted by Gasteiger charge is 2.25. The summed E-state index contributed by atoms with van der Waals surface area (Å²) in [5, 5.41) is 0. The van der Waals surface area contributed by atoms with Gasteiger partial charge in [-0.2, -0.15) is 0 Å². The van der Waals surface area contributed by atoms with Crippen LogP contribution in [0.25, 0.3) is 27.9 Å². The number of esters is 1. The van der Waals surface area contributed by atoms with Gasteiger partial charge in [-0.3, -0.25) is 4.57 Å². The van der Waals surface area contributed by atoms with Crippen molar-refractivity contribution in [1.82, 2.24) is 14.5 Å². The molecule has 0 atom stereocenters. The summed E-state index contributed by atoms with van der Waals surface area (Å²) in [6.07, 6.45) is 1.72. The molecule has 0 unspecified atom stereocenters.